The van der Waals surface area contributed by atoms with Crippen LogP contribution in [0, 0.1) is 0 Å². The van der Waals surface area contributed by atoms with Gasteiger partial charge < -0.3 is 14.6 Å². The first kappa shape index (κ1) is 22.5. The number of halogens is 4. The predicted octanol–water partition coefficient (Wildman–Crippen LogP) is 5.27. The lowest BCUT2D eigenvalue weighted by molar-refractivity contribution is -0.0964. The Bertz CT molecular complexity index is 1280. The summed E-state index contributed by atoms with van der Waals surface area (Å²) in [5.41, 5.74) is -1.04. The number of ether oxygens (including phenoxy) is 1. The summed E-state index contributed by atoms with van der Waals surface area (Å²) < 4.78 is 45.1. The molecule has 4 aromatic rings. The number of nitrogens with zero attached hydrogens (tertiary/aromatic N) is 4. The van der Waals surface area contributed by atoms with Gasteiger partial charge in [-0.3, -0.25) is 4.79 Å². The first-order valence-electron chi connectivity index (χ1n) is 9.78. The molecule has 33 heavy (non-hydrogen) atoms. The molecule has 7 nitrogen and oxygen atoms in total. The zero-order valence-electron chi connectivity index (χ0n) is 17.2. The second kappa shape index (κ2) is 9.07. The number of benzene rings is 2. The molecule has 1 amide bonds. The van der Waals surface area contributed by atoms with Gasteiger partial charge in [-0.2, -0.15) is 10.2 Å². The zero-order valence-corrected chi connectivity index (χ0v) is 17.9. The summed E-state index contributed by atoms with van der Waals surface area (Å²) in [6, 6.07) is 11.9. The number of amides is 1. The maximum Gasteiger partial charge on any atom is 0.487 e. The molecule has 4 rings (SSSR count). The van der Waals surface area contributed by atoms with Crippen LogP contribution in [0.25, 0.3) is 22.3 Å². The fourth-order valence-electron chi connectivity index (χ4n) is 3.33. The van der Waals surface area contributed by atoms with Gasteiger partial charge in [0, 0.05) is 34.6 Å². The van der Waals surface area contributed by atoms with Crippen molar-refractivity contribution in [2.24, 2.45) is 0 Å². The summed E-state index contributed by atoms with van der Waals surface area (Å²) in [6.07, 6.45) is 1.92. The molecule has 1 atom stereocenters. The van der Waals surface area contributed by atoms with E-state index in [2.05, 4.69) is 25.2 Å². The minimum Gasteiger partial charge on any atom is -0.420 e. The molecule has 0 bridgehead atoms. The minimum absolute atomic E-state index is 0.0884. The first-order chi connectivity index (χ1) is 15.7. The van der Waals surface area contributed by atoms with Crippen molar-refractivity contribution in [1.82, 2.24) is 19.7 Å². The van der Waals surface area contributed by atoms with Gasteiger partial charge in [0.15, 0.2) is 0 Å². The number of alkyl halides is 4. The van der Waals surface area contributed by atoms with Crippen LogP contribution in [0.5, 0.6) is 5.75 Å². The second-order valence-electron chi connectivity index (χ2n) is 7.20. The molecule has 0 aliphatic carbocycles. The predicted molar refractivity (Wildman–Crippen MR) is 117 cm³/mol. The normalized spacial score (nSPS) is 12.5. The molecule has 0 saturated heterocycles. The largest absolute Gasteiger partial charge is 0.487 e. The summed E-state index contributed by atoms with van der Waals surface area (Å²) in [5.74, 6) is -0.626. The van der Waals surface area contributed by atoms with Crippen molar-refractivity contribution in [2.45, 2.75) is 25.2 Å². The SMILES string of the molecule is CC(F)Cn1cnc2cc(C(=O)Nc3ccc(OC(F)(F)Cl)cc3)cc(-c3cccnn3)c21. The van der Waals surface area contributed by atoms with Crippen LogP contribution in [-0.2, 0) is 6.54 Å². The molecule has 170 valence electrons. The Hall–Kier alpha value is -3.66. The van der Waals surface area contributed by atoms with Gasteiger partial charge in [0.2, 0.25) is 0 Å². The van der Waals surface area contributed by atoms with Gasteiger partial charge in [-0.05, 0) is 55.5 Å². The minimum atomic E-state index is -3.83. The molecular weight excluding hydrogens is 459 g/mol. The van der Waals surface area contributed by atoms with Crippen molar-refractivity contribution in [1.29, 1.82) is 0 Å². The average molecular weight is 476 g/mol. The van der Waals surface area contributed by atoms with E-state index < -0.39 is 17.6 Å². The summed E-state index contributed by atoms with van der Waals surface area (Å²) in [5, 5.41) is 10.7. The second-order valence-corrected chi connectivity index (χ2v) is 7.64. The van der Waals surface area contributed by atoms with Crippen molar-refractivity contribution >= 4 is 34.2 Å². The summed E-state index contributed by atoms with van der Waals surface area (Å²) in [4.78, 5) is 17.2. The van der Waals surface area contributed by atoms with Crippen LogP contribution in [-0.4, -0.2) is 37.4 Å². The van der Waals surface area contributed by atoms with E-state index in [9.17, 15) is 18.0 Å². The van der Waals surface area contributed by atoms with Crippen LogP contribution in [0.1, 0.15) is 17.3 Å². The van der Waals surface area contributed by atoms with Crippen molar-refractivity contribution in [3.8, 4) is 17.0 Å². The van der Waals surface area contributed by atoms with Gasteiger partial charge in [0.1, 0.15) is 11.9 Å². The lowest BCUT2D eigenvalue weighted by Crippen LogP contribution is -2.16. The van der Waals surface area contributed by atoms with Gasteiger partial charge in [-0.1, -0.05) is 0 Å². The molecule has 1 N–H and O–H groups in total. The van der Waals surface area contributed by atoms with Crippen molar-refractivity contribution in [3.63, 3.8) is 0 Å². The standard InChI is InChI=1S/C22H17ClF3N5O2/c1-13(24)11-31-12-27-19-10-14(9-17(20(19)31)18-3-2-8-28-30-18)21(32)29-15-4-6-16(7-5-15)33-22(23,25)26/h2-10,12-13H,11H2,1H3,(H,29,32). The van der Waals surface area contributed by atoms with Gasteiger partial charge in [-0.15, -0.1) is 8.78 Å². The molecule has 11 heteroatoms. The molecule has 0 radical (unpaired) electrons. The molecule has 0 spiro atoms. The third-order valence-corrected chi connectivity index (χ3v) is 4.69. The van der Waals surface area contributed by atoms with E-state index >= 15 is 0 Å². The number of carbonyl (C=O) groups is 1. The lowest BCUT2D eigenvalue weighted by Gasteiger charge is -2.12. The molecule has 2 heterocycles. The smallest absolute Gasteiger partial charge is 0.420 e. The van der Waals surface area contributed by atoms with E-state index in [1.807, 2.05) is 0 Å². The van der Waals surface area contributed by atoms with Gasteiger partial charge in [-0.25, -0.2) is 9.37 Å². The van der Waals surface area contributed by atoms with E-state index in [1.165, 1.54) is 43.7 Å². The first-order valence-corrected chi connectivity index (χ1v) is 10.2. The Morgan fingerprint density at radius 3 is 2.64 bits per heavy atom. The Labute approximate surface area is 191 Å². The third-order valence-electron chi connectivity index (χ3n) is 4.62. The van der Waals surface area contributed by atoms with Gasteiger partial charge >= 0.3 is 5.57 Å². The zero-order chi connectivity index (χ0) is 23.6. The molecule has 0 aliphatic heterocycles. The average Bonchev–Trinajstić information content (AvgIpc) is 3.16. The van der Waals surface area contributed by atoms with Crippen LogP contribution in [0.15, 0.2) is 61.1 Å². The molecule has 0 aliphatic rings. The molecule has 0 saturated carbocycles. The van der Waals surface area contributed by atoms with E-state index in [0.717, 1.165) is 0 Å². The Morgan fingerprint density at radius 2 is 2.00 bits per heavy atom. The van der Waals surface area contributed by atoms with E-state index in [0.29, 0.717) is 28.0 Å². The number of nitrogens with one attached hydrogen (secondary N) is 1. The quantitative estimate of drug-likeness (QED) is 0.368. The van der Waals surface area contributed by atoms with Crippen LogP contribution < -0.4 is 10.1 Å². The highest BCUT2D eigenvalue weighted by atomic mass is 35.5. The van der Waals surface area contributed by atoms with Crippen molar-refractivity contribution in [2.75, 3.05) is 5.32 Å². The van der Waals surface area contributed by atoms with E-state index in [4.69, 9.17) is 11.6 Å². The van der Waals surface area contributed by atoms with Crippen LogP contribution in [0.4, 0.5) is 18.9 Å². The monoisotopic (exact) mass is 475 g/mol. The lowest BCUT2D eigenvalue weighted by atomic mass is 10.0. The highest BCUT2D eigenvalue weighted by Gasteiger charge is 2.27. The van der Waals surface area contributed by atoms with E-state index in [-0.39, 0.29) is 17.9 Å². The number of hydrogen-bond acceptors (Lipinski definition) is 5. The maximum absolute atomic E-state index is 13.7. The molecule has 0 fully saturated rings. The number of carbonyl (C=O) groups excluding carboxylic acids is 1. The van der Waals surface area contributed by atoms with Crippen LogP contribution in [0.3, 0.4) is 0 Å². The van der Waals surface area contributed by atoms with Gasteiger partial charge in [0.25, 0.3) is 5.91 Å². The highest BCUT2D eigenvalue weighted by molar-refractivity contribution is 6.20. The van der Waals surface area contributed by atoms with Crippen LogP contribution in [0.2, 0.25) is 0 Å². The summed E-state index contributed by atoms with van der Waals surface area (Å²) in [7, 11) is 0. The molecule has 1 unspecified atom stereocenters. The van der Waals surface area contributed by atoms with E-state index in [1.54, 1.807) is 28.8 Å². The topological polar surface area (TPSA) is 81.9 Å². The number of imidazole rings is 1. The fourth-order valence-corrected chi connectivity index (χ4v) is 3.42. The maximum atomic E-state index is 13.7. The summed E-state index contributed by atoms with van der Waals surface area (Å²) >= 11 is 4.75. The van der Waals surface area contributed by atoms with Crippen LogP contribution >= 0.6 is 11.6 Å². The Balaban J connectivity index is 1.67. The van der Waals surface area contributed by atoms with Crippen molar-refractivity contribution < 1.29 is 22.7 Å². The number of fused-ring (bicyclic) bond motifs is 1. The summed E-state index contributed by atoms with van der Waals surface area (Å²) in [6.45, 7) is 1.53. The molecular formula is C22H17ClF3N5O2. The Morgan fingerprint density at radius 1 is 1.24 bits per heavy atom. The fraction of sp³-hybridized carbons (Fsp3) is 0.182. The van der Waals surface area contributed by atoms with Gasteiger partial charge in [0.05, 0.1) is 29.6 Å². The van der Waals surface area contributed by atoms with Crippen molar-refractivity contribution in [3.05, 3.63) is 66.6 Å². The number of aromatic nitrogens is 4. The molecule has 2 aromatic heterocycles. The molecule has 2 aromatic carbocycles. The highest BCUT2D eigenvalue weighted by Crippen LogP contribution is 2.30. The number of rotatable bonds is 7. The number of hydrogen-bond donors (Lipinski definition) is 1. The third kappa shape index (κ3) is 5.40. The number of anilines is 1. The Kier molecular flexibility index (Phi) is 6.19.